The van der Waals surface area contributed by atoms with Gasteiger partial charge in [0.1, 0.15) is 0 Å². The van der Waals surface area contributed by atoms with Crippen molar-refractivity contribution in [3.8, 4) is 6.07 Å². The Labute approximate surface area is 128 Å². The lowest BCUT2D eigenvalue weighted by Gasteiger charge is -2.34. The summed E-state index contributed by atoms with van der Waals surface area (Å²) in [7, 11) is 0. The molecule has 2 aliphatic rings. The highest BCUT2D eigenvalue weighted by atomic mass is 15.2. The number of benzene rings is 1. The van der Waals surface area contributed by atoms with E-state index in [2.05, 4.69) is 46.6 Å². The molecule has 1 atom stereocenters. The average Bonchev–Trinajstić information content (AvgIpc) is 3.27. The van der Waals surface area contributed by atoms with Crippen LogP contribution in [0.25, 0.3) is 0 Å². The number of nitriles is 1. The molecule has 3 nitrogen and oxygen atoms in total. The molecule has 1 aromatic carbocycles. The Morgan fingerprint density at radius 1 is 1.29 bits per heavy atom. The van der Waals surface area contributed by atoms with E-state index < -0.39 is 0 Å². The molecule has 21 heavy (non-hydrogen) atoms. The highest BCUT2D eigenvalue weighted by molar-refractivity contribution is 5.14. The minimum absolute atomic E-state index is 0.316. The van der Waals surface area contributed by atoms with E-state index in [-0.39, 0.29) is 0 Å². The summed E-state index contributed by atoms with van der Waals surface area (Å²) in [5.41, 5.74) is 1.72. The van der Waals surface area contributed by atoms with Crippen LogP contribution in [0.5, 0.6) is 0 Å². The molecule has 112 valence electrons. The summed E-state index contributed by atoms with van der Waals surface area (Å²) in [6.45, 7) is 4.43. The molecule has 0 amide bonds. The second-order valence-corrected chi connectivity index (χ2v) is 6.78. The van der Waals surface area contributed by atoms with Gasteiger partial charge in [0, 0.05) is 32.1 Å². The molecule has 0 aromatic heterocycles. The Hall–Kier alpha value is -1.37. The number of rotatable bonds is 6. The molecule has 0 radical (unpaired) electrons. The van der Waals surface area contributed by atoms with Crippen LogP contribution < -0.4 is 5.32 Å². The fraction of sp³-hybridized carbons (Fsp3) is 0.611. The van der Waals surface area contributed by atoms with Crippen LogP contribution in [0.1, 0.15) is 37.7 Å². The van der Waals surface area contributed by atoms with Crippen molar-refractivity contribution in [3.05, 3.63) is 35.9 Å². The van der Waals surface area contributed by atoms with Gasteiger partial charge in [-0.1, -0.05) is 30.3 Å². The van der Waals surface area contributed by atoms with Crippen molar-refractivity contribution < 1.29 is 0 Å². The minimum atomic E-state index is 0.316. The Balaban J connectivity index is 1.46. The minimum Gasteiger partial charge on any atom is -0.312 e. The second-order valence-electron chi connectivity index (χ2n) is 6.78. The number of piperidine rings is 1. The van der Waals surface area contributed by atoms with Crippen LogP contribution >= 0.6 is 0 Å². The van der Waals surface area contributed by atoms with Crippen LogP contribution in [0, 0.1) is 16.7 Å². The zero-order valence-corrected chi connectivity index (χ0v) is 12.7. The first kappa shape index (κ1) is 14.6. The van der Waals surface area contributed by atoms with E-state index in [1.807, 2.05) is 0 Å². The topological polar surface area (TPSA) is 39.1 Å². The maximum atomic E-state index is 8.90. The van der Waals surface area contributed by atoms with Crippen molar-refractivity contribution in [3.63, 3.8) is 0 Å². The predicted octanol–water partition coefficient (Wildman–Crippen LogP) is 2.93. The van der Waals surface area contributed by atoms with E-state index in [4.69, 9.17) is 5.26 Å². The van der Waals surface area contributed by atoms with Crippen LogP contribution in [-0.2, 0) is 6.54 Å². The van der Waals surface area contributed by atoms with Gasteiger partial charge in [-0.05, 0) is 43.2 Å². The molecule has 1 N–H and O–H groups in total. The Kier molecular flexibility index (Phi) is 4.57. The highest BCUT2D eigenvalue weighted by Crippen LogP contribution is 2.48. The largest absolute Gasteiger partial charge is 0.312 e. The van der Waals surface area contributed by atoms with Gasteiger partial charge in [0.2, 0.25) is 0 Å². The molecule has 1 saturated carbocycles. The summed E-state index contributed by atoms with van der Waals surface area (Å²) in [6, 6.07) is 13.7. The van der Waals surface area contributed by atoms with Crippen LogP contribution in [0.3, 0.4) is 0 Å². The lowest BCUT2D eigenvalue weighted by molar-refractivity contribution is 0.179. The van der Waals surface area contributed by atoms with Gasteiger partial charge < -0.3 is 5.32 Å². The van der Waals surface area contributed by atoms with Gasteiger partial charge in [-0.15, -0.1) is 0 Å². The molecule has 1 saturated heterocycles. The Morgan fingerprint density at radius 2 is 2.10 bits per heavy atom. The third kappa shape index (κ3) is 4.06. The normalized spacial score (nSPS) is 24.4. The van der Waals surface area contributed by atoms with Crippen LogP contribution in [-0.4, -0.2) is 30.6 Å². The van der Waals surface area contributed by atoms with Crippen molar-refractivity contribution in [2.24, 2.45) is 5.41 Å². The van der Waals surface area contributed by atoms with Crippen molar-refractivity contribution in [2.75, 3.05) is 19.6 Å². The van der Waals surface area contributed by atoms with Crippen molar-refractivity contribution in [1.82, 2.24) is 10.2 Å². The maximum Gasteiger partial charge on any atom is 0.0628 e. The van der Waals surface area contributed by atoms with Crippen LogP contribution in [0.2, 0.25) is 0 Å². The monoisotopic (exact) mass is 283 g/mol. The summed E-state index contributed by atoms with van der Waals surface area (Å²) in [5.74, 6) is 0. The number of nitrogens with zero attached hydrogens (tertiary/aromatic N) is 2. The molecule has 1 aliphatic heterocycles. The number of hydrogen-bond acceptors (Lipinski definition) is 3. The van der Waals surface area contributed by atoms with E-state index in [1.165, 1.54) is 37.8 Å². The highest BCUT2D eigenvalue weighted by Gasteiger charge is 2.42. The SMILES string of the molecule is N#CCC1(CNC2CCCN(Cc3ccccc3)C2)CC1. The summed E-state index contributed by atoms with van der Waals surface area (Å²) in [5, 5.41) is 12.6. The zero-order chi connectivity index (χ0) is 14.5. The molecule has 1 aromatic rings. The molecule has 1 aliphatic carbocycles. The van der Waals surface area contributed by atoms with Crippen molar-refractivity contribution in [1.29, 1.82) is 5.26 Å². The summed E-state index contributed by atoms with van der Waals surface area (Å²) in [6.07, 6.45) is 5.73. The number of hydrogen-bond donors (Lipinski definition) is 1. The number of nitrogens with one attached hydrogen (secondary N) is 1. The third-order valence-corrected chi connectivity index (χ3v) is 4.93. The lowest BCUT2D eigenvalue weighted by Crippen LogP contribution is -2.46. The summed E-state index contributed by atoms with van der Waals surface area (Å²) >= 11 is 0. The Bertz CT molecular complexity index is 487. The first-order valence-electron chi connectivity index (χ1n) is 8.16. The van der Waals surface area contributed by atoms with Crippen molar-refractivity contribution in [2.45, 2.75) is 44.7 Å². The van der Waals surface area contributed by atoms with Gasteiger partial charge in [0.05, 0.1) is 6.07 Å². The van der Waals surface area contributed by atoms with E-state index >= 15 is 0 Å². The molecule has 1 heterocycles. The maximum absolute atomic E-state index is 8.90. The smallest absolute Gasteiger partial charge is 0.0628 e. The molecular formula is C18H25N3. The quantitative estimate of drug-likeness (QED) is 0.872. The summed E-state index contributed by atoms with van der Waals surface area (Å²) in [4.78, 5) is 2.56. The van der Waals surface area contributed by atoms with Crippen LogP contribution in [0.4, 0.5) is 0 Å². The van der Waals surface area contributed by atoms with Gasteiger partial charge >= 0.3 is 0 Å². The summed E-state index contributed by atoms with van der Waals surface area (Å²) < 4.78 is 0. The lowest BCUT2D eigenvalue weighted by atomic mass is 10.0. The number of likely N-dealkylation sites (tertiary alicyclic amines) is 1. The van der Waals surface area contributed by atoms with Crippen molar-refractivity contribution >= 4 is 0 Å². The molecular weight excluding hydrogens is 258 g/mol. The van der Waals surface area contributed by atoms with E-state index in [1.54, 1.807) is 0 Å². The Morgan fingerprint density at radius 3 is 2.81 bits per heavy atom. The van der Waals surface area contributed by atoms with E-state index in [0.29, 0.717) is 11.5 Å². The van der Waals surface area contributed by atoms with Gasteiger partial charge in [-0.25, -0.2) is 0 Å². The van der Waals surface area contributed by atoms with Gasteiger partial charge in [0.25, 0.3) is 0 Å². The van der Waals surface area contributed by atoms with Gasteiger partial charge in [0.15, 0.2) is 0 Å². The first-order chi connectivity index (χ1) is 10.3. The average molecular weight is 283 g/mol. The molecule has 3 rings (SSSR count). The molecule has 0 bridgehead atoms. The fourth-order valence-corrected chi connectivity index (χ4v) is 3.33. The third-order valence-electron chi connectivity index (χ3n) is 4.93. The molecule has 3 heteroatoms. The van der Waals surface area contributed by atoms with Gasteiger partial charge in [-0.2, -0.15) is 5.26 Å². The van der Waals surface area contributed by atoms with Crippen LogP contribution in [0.15, 0.2) is 30.3 Å². The standard InChI is InChI=1S/C18H25N3/c19-11-10-18(8-9-18)15-20-17-7-4-12-21(14-17)13-16-5-2-1-3-6-16/h1-3,5-6,17,20H,4,7-10,12-15H2. The second kappa shape index (κ2) is 6.60. The predicted molar refractivity (Wildman–Crippen MR) is 84.6 cm³/mol. The first-order valence-corrected chi connectivity index (χ1v) is 8.16. The zero-order valence-electron chi connectivity index (χ0n) is 12.7. The molecule has 0 spiro atoms. The van der Waals surface area contributed by atoms with E-state index in [0.717, 1.165) is 26.1 Å². The van der Waals surface area contributed by atoms with E-state index in [9.17, 15) is 0 Å². The molecule has 1 unspecified atom stereocenters. The fourth-order valence-electron chi connectivity index (χ4n) is 3.33. The van der Waals surface area contributed by atoms with Gasteiger partial charge in [-0.3, -0.25) is 4.90 Å². The molecule has 2 fully saturated rings.